The van der Waals surface area contributed by atoms with Gasteiger partial charge in [-0.3, -0.25) is 9.59 Å². The zero-order chi connectivity index (χ0) is 14.4. The highest BCUT2D eigenvalue weighted by atomic mass is 79.9. The Kier molecular flexibility index (Phi) is 4.89. The number of halogens is 1. The summed E-state index contributed by atoms with van der Waals surface area (Å²) in [4.78, 5) is 23.0. The van der Waals surface area contributed by atoms with Gasteiger partial charge in [-0.15, -0.1) is 0 Å². The van der Waals surface area contributed by atoms with E-state index in [4.69, 9.17) is 0 Å². The molecule has 1 aromatic heterocycles. The molecule has 1 heterocycles. The fraction of sp³-hybridized carbons (Fsp3) is 0.154. The van der Waals surface area contributed by atoms with Crippen LogP contribution < -0.4 is 16.2 Å². The minimum absolute atomic E-state index is 0.0660. The molecule has 2 rings (SSSR count). The molecule has 0 aliphatic heterocycles. The quantitative estimate of drug-likeness (QED) is 0.767. The van der Waals surface area contributed by atoms with Crippen molar-refractivity contribution in [3.8, 4) is 0 Å². The minimum atomic E-state index is -0.348. The highest BCUT2D eigenvalue weighted by Crippen LogP contribution is 2.14. The molecule has 0 aliphatic carbocycles. The Labute approximate surface area is 123 Å². The Hall–Kier alpha value is -2.15. The first-order valence-electron chi connectivity index (χ1n) is 5.94. The lowest BCUT2D eigenvalue weighted by Crippen LogP contribution is -2.29. The Morgan fingerprint density at radius 1 is 1.30 bits per heavy atom. The molecule has 0 atom stereocenters. The van der Waals surface area contributed by atoms with E-state index in [1.54, 1.807) is 0 Å². The van der Waals surface area contributed by atoms with Crippen LogP contribution in [0, 0.1) is 0 Å². The predicted molar refractivity (Wildman–Crippen MR) is 79.3 cm³/mol. The molecule has 0 saturated carbocycles. The van der Waals surface area contributed by atoms with E-state index in [0.717, 1.165) is 5.56 Å². The number of carbonyl (C=O) groups is 1. The topological polar surface area (TPSA) is 86.9 Å². The van der Waals surface area contributed by atoms with E-state index in [-0.39, 0.29) is 18.0 Å². The number of amides is 1. The smallest absolute Gasteiger partial charge is 0.280 e. The van der Waals surface area contributed by atoms with Crippen LogP contribution in [0.1, 0.15) is 5.56 Å². The predicted octanol–water partition coefficient (Wildman–Crippen LogP) is 1.26. The van der Waals surface area contributed by atoms with Gasteiger partial charge in [0.05, 0.1) is 18.4 Å². The number of H-pyrrole nitrogens is 1. The minimum Gasteiger partial charge on any atom is -0.374 e. The van der Waals surface area contributed by atoms with Crippen molar-refractivity contribution in [1.82, 2.24) is 15.5 Å². The Balaban J connectivity index is 1.83. The maximum absolute atomic E-state index is 11.7. The van der Waals surface area contributed by atoms with Gasteiger partial charge in [0.2, 0.25) is 5.91 Å². The van der Waals surface area contributed by atoms with Crippen molar-refractivity contribution >= 4 is 27.5 Å². The average Bonchev–Trinajstić information content (AvgIpc) is 2.48. The lowest BCUT2D eigenvalue weighted by Gasteiger charge is -2.08. The maximum Gasteiger partial charge on any atom is 0.280 e. The summed E-state index contributed by atoms with van der Waals surface area (Å²) in [6, 6.07) is 9.62. The van der Waals surface area contributed by atoms with Gasteiger partial charge in [0.25, 0.3) is 5.56 Å². The first kappa shape index (κ1) is 14.3. The van der Waals surface area contributed by atoms with E-state index in [0.29, 0.717) is 16.7 Å². The fourth-order valence-electron chi connectivity index (χ4n) is 1.54. The van der Waals surface area contributed by atoms with Crippen LogP contribution in [0.3, 0.4) is 0 Å². The number of rotatable bonds is 5. The standard InChI is InChI=1S/C13H13BrN4O2/c14-12-10(7-17-18-13(12)20)15-8-11(19)16-6-9-4-2-1-3-5-9/h1-5,7H,6,8H2,(H,16,19)(H2,15,18,20). The number of hydrogen-bond acceptors (Lipinski definition) is 4. The molecular weight excluding hydrogens is 324 g/mol. The first-order valence-corrected chi connectivity index (χ1v) is 6.74. The van der Waals surface area contributed by atoms with Crippen molar-refractivity contribution in [3.05, 3.63) is 56.9 Å². The van der Waals surface area contributed by atoms with Crippen molar-refractivity contribution in [3.63, 3.8) is 0 Å². The molecule has 0 fully saturated rings. The summed E-state index contributed by atoms with van der Waals surface area (Å²) in [5, 5.41) is 11.6. The number of hydrogen-bond donors (Lipinski definition) is 3. The van der Waals surface area contributed by atoms with E-state index < -0.39 is 0 Å². The lowest BCUT2D eigenvalue weighted by atomic mass is 10.2. The van der Waals surface area contributed by atoms with Crippen LogP contribution in [0.4, 0.5) is 5.69 Å². The van der Waals surface area contributed by atoms with Crippen molar-refractivity contribution in [2.75, 3.05) is 11.9 Å². The maximum atomic E-state index is 11.7. The second-order valence-corrected chi connectivity index (χ2v) is 4.84. The number of aromatic amines is 1. The third-order valence-electron chi connectivity index (χ3n) is 2.57. The van der Waals surface area contributed by atoms with Crippen LogP contribution in [-0.4, -0.2) is 22.6 Å². The Bertz CT molecular complexity index is 642. The molecule has 20 heavy (non-hydrogen) atoms. The van der Waals surface area contributed by atoms with Crippen molar-refractivity contribution in [2.45, 2.75) is 6.54 Å². The third kappa shape index (κ3) is 3.92. The number of nitrogens with one attached hydrogen (secondary N) is 3. The van der Waals surface area contributed by atoms with Crippen LogP contribution >= 0.6 is 15.9 Å². The summed E-state index contributed by atoms with van der Waals surface area (Å²) < 4.78 is 0.323. The number of aromatic nitrogens is 2. The van der Waals surface area contributed by atoms with Gasteiger partial charge in [0.1, 0.15) is 4.47 Å². The van der Waals surface area contributed by atoms with Crippen LogP contribution in [0.5, 0.6) is 0 Å². The van der Waals surface area contributed by atoms with Gasteiger partial charge < -0.3 is 10.6 Å². The summed E-state index contributed by atoms with van der Waals surface area (Å²) in [6.07, 6.45) is 1.44. The molecule has 3 N–H and O–H groups in total. The number of benzene rings is 1. The van der Waals surface area contributed by atoms with Crippen LogP contribution in [0.2, 0.25) is 0 Å². The van der Waals surface area contributed by atoms with Crippen LogP contribution in [0.25, 0.3) is 0 Å². The molecule has 1 amide bonds. The zero-order valence-corrected chi connectivity index (χ0v) is 12.1. The zero-order valence-electron chi connectivity index (χ0n) is 10.5. The molecule has 0 aliphatic rings. The number of carbonyl (C=O) groups excluding carboxylic acids is 1. The molecule has 0 unspecified atom stereocenters. The van der Waals surface area contributed by atoms with E-state index >= 15 is 0 Å². The summed E-state index contributed by atoms with van der Waals surface area (Å²) in [6.45, 7) is 0.534. The van der Waals surface area contributed by atoms with Crippen molar-refractivity contribution in [1.29, 1.82) is 0 Å². The van der Waals surface area contributed by atoms with Crippen molar-refractivity contribution < 1.29 is 4.79 Å². The van der Waals surface area contributed by atoms with Gasteiger partial charge in [0, 0.05) is 6.54 Å². The summed E-state index contributed by atoms with van der Waals surface area (Å²) in [5.41, 5.74) is 1.16. The monoisotopic (exact) mass is 336 g/mol. The van der Waals surface area contributed by atoms with Gasteiger partial charge in [-0.1, -0.05) is 30.3 Å². The molecule has 0 spiro atoms. The summed E-state index contributed by atoms with van der Waals surface area (Å²) in [7, 11) is 0. The van der Waals surface area contributed by atoms with E-state index in [9.17, 15) is 9.59 Å². The van der Waals surface area contributed by atoms with E-state index in [1.165, 1.54) is 6.20 Å². The molecule has 0 radical (unpaired) electrons. The molecule has 2 aromatic rings. The van der Waals surface area contributed by atoms with Gasteiger partial charge in [-0.05, 0) is 21.5 Å². The SMILES string of the molecule is O=C(CNc1cn[nH]c(=O)c1Br)NCc1ccccc1. The fourth-order valence-corrected chi connectivity index (χ4v) is 1.87. The van der Waals surface area contributed by atoms with Gasteiger partial charge in [-0.25, -0.2) is 5.10 Å². The largest absolute Gasteiger partial charge is 0.374 e. The van der Waals surface area contributed by atoms with Gasteiger partial charge >= 0.3 is 0 Å². The molecule has 7 heteroatoms. The molecule has 1 aromatic carbocycles. The Morgan fingerprint density at radius 3 is 2.80 bits per heavy atom. The third-order valence-corrected chi connectivity index (χ3v) is 3.35. The summed E-state index contributed by atoms with van der Waals surface area (Å²) in [5.74, 6) is -0.166. The second-order valence-electron chi connectivity index (χ2n) is 4.04. The van der Waals surface area contributed by atoms with E-state index in [1.807, 2.05) is 30.3 Å². The molecule has 0 saturated heterocycles. The first-order chi connectivity index (χ1) is 9.66. The lowest BCUT2D eigenvalue weighted by molar-refractivity contribution is -0.119. The van der Waals surface area contributed by atoms with Crippen LogP contribution in [0.15, 0.2) is 45.8 Å². The molecule has 104 valence electrons. The highest BCUT2D eigenvalue weighted by molar-refractivity contribution is 9.10. The second kappa shape index (κ2) is 6.85. The number of nitrogens with zero attached hydrogens (tertiary/aromatic N) is 1. The Morgan fingerprint density at radius 2 is 2.05 bits per heavy atom. The molecule has 6 nitrogen and oxygen atoms in total. The average molecular weight is 337 g/mol. The summed E-state index contributed by atoms with van der Waals surface area (Å²) >= 11 is 3.13. The van der Waals surface area contributed by atoms with E-state index in [2.05, 4.69) is 36.8 Å². The van der Waals surface area contributed by atoms with Crippen LogP contribution in [-0.2, 0) is 11.3 Å². The highest BCUT2D eigenvalue weighted by Gasteiger charge is 2.06. The van der Waals surface area contributed by atoms with Gasteiger partial charge in [-0.2, -0.15) is 5.10 Å². The normalized spacial score (nSPS) is 10.1. The van der Waals surface area contributed by atoms with Crippen molar-refractivity contribution in [2.24, 2.45) is 0 Å². The molecule has 0 bridgehead atoms. The van der Waals surface area contributed by atoms with Gasteiger partial charge in [0.15, 0.2) is 0 Å². The molecular formula is C13H13BrN4O2. The number of anilines is 1.